The van der Waals surface area contributed by atoms with E-state index in [1.54, 1.807) is 10.9 Å². The van der Waals surface area contributed by atoms with Gasteiger partial charge in [-0.05, 0) is 68.9 Å². The predicted molar refractivity (Wildman–Crippen MR) is 119 cm³/mol. The number of hydrogen-bond acceptors (Lipinski definition) is 3. The first-order valence-corrected chi connectivity index (χ1v) is 11.2. The van der Waals surface area contributed by atoms with Crippen LogP contribution in [0, 0.1) is 12.8 Å². The van der Waals surface area contributed by atoms with Gasteiger partial charge < -0.3 is 4.90 Å². The van der Waals surface area contributed by atoms with Gasteiger partial charge in [0.2, 0.25) is 0 Å². The van der Waals surface area contributed by atoms with Crippen molar-refractivity contribution in [2.24, 2.45) is 5.92 Å². The number of rotatable bonds is 5. The Labute approximate surface area is 191 Å². The molecule has 5 nitrogen and oxygen atoms in total. The van der Waals surface area contributed by atoms with Crippen molar-refractivity contribution < 1.29 is 18.0 Å². The molecule has 0 bridgehead atoms. The molecule has 1 aromatic carbocycles. The summed E-state index contributed by atoms with van der Waals surface area (Å²) in [6, 6.07) is 10.1. The van der Waals surface area contributed by atoms with Crippen molar-refractivity contribution in [2.45, 2.75) is 51.7 Å². The van der Waals surface area contributed by atoms with Crippen molar-refractivity contribution in [3.8, 4) is 5.69 Å². The van der Waals surface area contributed by atoms with E-state index in [2.05, 4.69) is 17.0 Å². The molecular weight excluding hydrogens is 429 g/mol. The average molecular weight is 457 g/mol. The van der Waals surface area contributed by atoms with Gasteiger partial charge in [0.25, 0.3) is 5.91 Å². The molecule has 8 heteroatoms. The van der Waals surface area contributed by atoms with Crippen LogP contribution in [0.1, 0.15) is 53.4 Å². The molecule has 174 valence electrons. The summed E-state index contributed by atoms with van der Waals surface area (Å²) < 4.78 is 40.2. The Morgan fingerprint density at radius 2 is 2.03 bits per heavy atom. The van der Waals surface area contributed by atoms with Gasteiger partial charge in [0.1, 0.15) is 0 Å². The van der Waals surface area contributed by atoms with E-state index >= 15 is 0 Å². The number of benzene rings is 1. The molecule has 1 saturated heterocycles. The van der Waals surface area contributed by atoms with Crippen molar-refractivity contribution in [2.75, 3.05) is 6.54 Å². The topological polar surface area (TPSA) is 51.0 Å². The Balaban J connectivity index is 1.55. The largest absolute Gasteiger partial charge is 0.417 e. The molecule has 0 spiro atoms. The van der Waals surface area contributed by atoms with Crippen molar-refractivity contribution >= 4 is 5.91 Å². The maximum absolute atomic E-state index is 13.7. The number of carbonyl (C=O) groups is 1. The zero-order chi connectivity index (χ0) is 23.6. The minimum atomic E-state index is -4.40. The van der Waals surface area contributed by atoms with E-state index < -0.39 is 11.7 Å². The number of amides is 1. The molecule has 4 rings (SSSR count). The fraction of sp³-hybridized carbons (Fsp3) is 0.400. The Morgan fingerprint density at radius 3 is 2.70 bits per heavy atom. The van der Waals surface area contributed by atoms with Gasteiger partial charge in [0, 0.05) is 36.9 Å². The van der Waals surface area contributed by atoms with Crippen LogP contribution in [-0.4, -0.2) is 38.2 Å². The lowest BCUT2D eigenvalue weighted by atomic mass is 9.86. The number of carbonyl (C=O) groups excluding carboxylic acids is 1. The molecule has 1 amide bonds. The Hall–Kier alpha value is -3.16. The Morgan fingerprint density at radius 1 is 1.21 bits per heavy atom. The van der Waals surface area contributed by atoms with Crippen LogP contribution in [0.2, 0.25) is 0 Å². The number of halogens is 3. The van der Waals surface area contributed by atoms with E-state index in [0.29, 0.717) is 30.6 Å². The Kier molecular flexibility index (Phi) is 6.54. The fourth-order valence-corrected chi connectivity index (χ4v) is 4.56. The maximum Gasteiger partial charge on any atom is 0.417 e. The van der Waals surface area contributed by atoms with Gasteiger partial charge in [-0.1, -0.05) is 18.6 Å². The van der Waals surface area contributed by atoms with Gasteiger partial charge in [-0.25, -0.2) is 4.68 Å². The second-order valence-electron chi connectivity index (χ2n) is 8.73. The molecule has 2 aromatic heterocycles. The molecule has 0 unspecified atom stereocenters. The molecule has 1 aliphatic heterocycles. The van der Waals surface area contributed by atoms with Gasteiger partial charge in [0.05, 0.1) is 16.8 Å². The second-order valence-corrected chi connectivity index (χ2v) is 8.73. The van der Waals surface area contributed by atoms with Crippen LogP contribution in [0.3, 0.4) is 0 Å². The fourth-order valence-electron chi connectivity index (χ4n) is 4.56. The van der Waals surface area contributed by atoms with E-state index in [0.717, 1.165) is 36.4 Å². The third-order valence-electron chi connectivity index (χ3n) is 6.36. The second kappa shape index (κ2) is 9.37. The molecule has 0 radical (unpaired) electrons. The number of pyridine rings is 1. The molecule has 3 heterocycles. The summed E-state index contributed by atoms with van der Waals surface area (Å²) in [5.41, 5.74) is 2.17. The monoisotopic (exact) mass is 456 g/mol. The number of nitrogens with zero attached hydrogens (tertiary/aromatic N) is 4. The van der Waals surface area contributed by atoms with E-state index in [-0.39, 0.29) is 17.9 Å². The van der Waals surface area contributed by atoms with E-state index in [4.69, 9.17) is 0 Å². The van der Waals surface area contributed by atoms with Gasteiger partial charge in [-0.15, -0.1) is 0 Å². The molecular formula is C25H27F3N4O. The van der Waals surface area contributed by atoms with Crippen molar-refractivity contribution in [3.63, 3.8) is 0 Å². The predicted octanol–water partition coefficient (Wildman–Crippen LogP) is 5.47. The zero-order valence-electron chi connectivity index (χ0n) is 18.7. The SMILES string of the molecule is Cc1ccc(-n2cccn2)c(C(=O)N2CCC[C@@H](C)[C@H]2CCc2ccc(C(F)(F)F)cn2)c1. The third-order valence-corrected chi connectivity index (χ3v) is 6.36. The van der Waals surface area contributed by atoms with Gasteiger partial charge in [-0.3, -0.25) is 9.78 Å². The smallest absolute Gasteiger partial charge is 0.335 e. The van der Waals surface area contributed by atoms with E-state index in [1.807, 2.05) is 42.3 Å². The lowest BCUT2D eigenvalue weighted by molar-refractivity contribution is -0.137. The summed E-state index contributed by atoms with van der Waals surface area (Å²) in [5, 5.41) is 4.30. The van der Waals surface area contributed by atoms with Crippen LogP contribution in [-0.2, 0) is 12.6 Å². The number of alkyl halides is 3. The first kappa shape index (κ1) is 23.0. The number of piperidine rings is 1. The molecule has 0 aliphatic carbocycles. The normalized spacial score (nSPS) is 19.0. The summed E-state index contributed by atoms with van der Waals surface area (Å²) >= 11 is 0. The molecule has 0 N–H and O–H groups in total. The van der Waals surface area contributed by atoms with Gasteiger partial charge in [0.15, 0.2) is 0 Å². The molecule has 1 aliphatic rings. The lowest BCUT2D eigenvalue weighted by Crippen LogP contribution is -2.48. The maximum atomic E-state index is 13.7. The molecule has 1 fully saturated rings. The minimum absolute atomic E-state index is 0.0127. The summed E-state index contributed by atoms with van der Waals surface area (Å²) in [6.07, 6.45) is 3.06. The molecule has 33 heavy (non-hydrogen) atoms. The van der Waals surface area contributed by atoms with Crippen molar-refractivity contribution in [3.05, 3.63) is 77.4 Å². The quantitative estimate of drug-likeness (QED) is 0.512. The highest BCUT2D eigenvalue weighted by Crippen LogP contribution is 2.31. The molecule has 3 aromatic rings. The average Bonchev–Trinajstić information content (AvgIpc) is 3.32. The lowest BCUT2D eigenvalue weighted by Gasteiger charge is -2.40. The highest BCUT2D eigenvalue weighted by Gasteiger charge is 2.34. The number of aryl methyl sites for hydroxylation is 2. The summed E-state index contributed by atoms with van der Waals surface area (Å²) in [6.45, 7) is 4.74. The first-order chi connectivity index (χ1) is 15.7. The standard InChI is InChI=1S/C25H27F3N4O/c1-17-6-10-23(32-14-4-12-30-32)21(15-17)24(33)31-13-3-5-18(2)22(31)11-9-20-8-7-19(16-29-20)25(26,27)28/h4,6-8,10,12,14-16,18,22H,3,5,9,11,13H2,1-2H3/t18-,22-/m1/s1. The van der Waals surface area contributed by atoms with Crippen LogP contribution >= 0.6 is 0 Å². The van der Waals surface area contributed by atoms with Crippen LogP contribution in [0.25, 0.3) is 5.69 Å². The number of likely N-dealkylation sites (tertiary alicyclic amines) is 1. The summed E-state index contributed by atoms with van der Waals surface area (Å²) in [5.74, 6) is 0.247. The van der Waals surface area contributed by atoms with E-state index in [1.165, 1.54) is 6.07 Å². The number of hydrogen-bond donors (Lipinski definition) is 0. The third kappa shape index (κ3) is 5.10. The van der Waals surface area contributed by atoms with Crippen LogP contribution in [0.15, 0.2) is 55.0 Å². The van der Waals surface area contributed by atoms with Crippen LogP contribution in [0.4, 0.5) is 13.2 Å². The van der Waals surface area contributed by atoms with Crippen LogP contribution < -0.4 is 0 Å². The zero-order valence-corrected chi connectivity index (χ0v) is 18.7. The highest BCUT2D eigenvalue weighted by molar-refractivity contribution is 5.98. The highest BCUT2D eigenvalue weighted by atomic mass is 19.4. The summed E-state index contributed by atoms with van der Waals surface area (Å²) in [4.78, 5) is 19.7. The first-order valence-electron chi connectivity index (χ1n) is 11.2. The minimum Gasteiger partial charge on any atom is -0.335 e. The van der Waals surface area contributed by atoms with Crippen LogP contribution in [0.5, 0.6) is 0 Å². The van der Waals surface area contributed by atoms with Gasteiger partial charge in [-0.2, -0.15) is 18.3 Å². The van der Waals surface area contributed by atoms with Gasteiger partial charge >= 0.3 is 6.18 Å². The van der Waals surface area contributed by atoms with Crippen molar-refractivity contribution in [1.29, 1.82) is 0 Å². The number of aromatic nitrogens is 3. The van der Waals surface area contributed by atoms with Crippen molar-refractivity contribution in [1.82, 2.24) is 19.7 Å². The van der Waals surface area contributed by atoms with E-state index in [9.17, 15) is 18.0 Å². The molecule has 0 saturated carbocycles. The summed E-state index contributed by atoms with van der Waals surface area (Å²) in [7, 11) is 0. The molecule has 2 atom stereocenters. The Bertz CT molecular complexity index is 1090.